The third-order valence-corrected chi connectivity index (χ3v) is 4.09. The number of aryl methyl sites for hydroxylation is 2. The Hall–Kier alpha value is -2.99. The van der Waals surface area contributed by atoms with Crippen LogP contribution in [0, 0.1) is 19.7 Å². The highest BCUT2D eigenvalue weighted by atomic mass is 35.5. The van der Waals surface area contributed by atoms with Gasteiger partial charge in [-0.2, -0.15) is 0 Å². The average Bonchev–Trinajstić information content (AvgIpc) is 2.62. The van der Waals surface area contributed by atoms with Crippen molar-refractivity contribution in [3.63, 3.8) is 0 Å². The molecule has 27 heavy (non-hydrogen) atoms. The van der Waals surface area contributed by atoms with Crippen LogP contribution in [-0.2, 0) is 6.54 Å². The van der Waals surface area contributed by atoms with Gasteiger partial charge in [-0.1, -0.05) is 41.4 Å². The SMILES string of the molecule is Cc1cccc(CNC(=O)c2cc(C)nc(Nc3ccc(F)c(Cl)c3)n2)c1. The van der Waals surface area contributed by atoms with Gasteiger partial charge < -0.3 is 10.6 Å². The molecule has 0 bridgehead atoms. The van der Waals surface area contributed by atoms with Crippen LogP contribution in [0.4, 0.5) is 16.0 Å². The van der Waals surface area contributed by atoms with Crippen molar-refractivity contribution in [1.29, 1.82) is 0 Å². The molecule has 0 fully saturated rings. The summed E-state index contributed by atoms with van der Waals surface area (Å²) in [5, 5.41) is 5.78. The van der Waals surface area contributed by atoms with Crippen molar-refractivity contribution >= 4 is 29.1 Å². The van der Waals surface area contributed by atoms with Crippen molar-refractivity contribution in [1.82, 2.24) is 15.3 Å². The smallest absolute Gasteiger partial charge is 0.270 e. The van der Waals surface area contributed by atoms with Gasteiger partial charge in [0.05, 0.1) is 5.02 Å². The van der Waals surface area contributed by atoms with Crippen LogP contribution in [0.15, 0.2) is 48.5 Å². The fraction of sp³-hybridized carbons (Fsp3) is 0.150. The van der Waals surface area contributed by atoms with Gasteiger partial charge in [0.1, 0.15) is 11.5 Å². The number of nitrogens with one attached hydrogen (secondary N) is 2. The third kappa shape index (κ3) is 5.01. The van der Waals surface area contributed by atoms with Gasteiger partial charge in [-0.15, -0.1) is 0 Å². The van der Waals surface area contributed by atoms with E-state index in [4.69, 9.17) is 11.6 Å². The van der Waals surface area contributed by atoms with Crippen molar-refractivity contribution in [3.05, 3.63) is 81.9 Å². The minimum atomic E-state index is -0.511. The zero-order valence-electron chi connectivity index (χ0n) is 14.9. The van der Waals surface area contributed by atoms with E-state index in [9.17, 15) is 9.18 Å². The molecule has 138 valence electrons. The van der Waals surface area contributed by atoms with Crippen LogP contribution in [0.1, 0.15) is 27.3 Å². The number of aromatic nitrogens is 2. The highest BCUT2D eigenvalue weighted by Crippen LogP contribution is 2.21. The van der Waals surface area contributed by atoms with Crippen molar-refractivity contribution in [2.45, 2.75) is 20.4 Å². The van der Waals surface area contributed by atoms with Crippen LogP contribution in [0.2, 0.25) is 5.02 Å². The molecular weight excluding hydrogens is 367 g/mol. The first-order valence-electron chi connectivity index (χ1n) is 8.32. The van der Waals surface area contributed by atoms with Gasteiger partial charge in [0, 0.05) is 17.9 Å². The van der Waals surface area contributed by atoms with Crippen molar-refractivity contribution in [3.8, 4) is 0 Å². The van der Waals surface area contributed by atoms with E-state index >= 15 is 0 Å². The van der Waals surface area contributed by atoms with E-state index in [1.165, 1.54) is 18.2 Å². The number of benzene rings is 2. The second kappa shape index (κ2) is 8.14. The molecule has 2 aromatic carbocycles. The average molecular weight is 385 g/mol. The summed E-state index contributed by atoms with van der Waals surface area (Å²) < 4.78 is 13.3. The van der Waals surface area contributed by atoms with Crippen LogP contribution in [0.25, 0.3) is 0 Å². The Balaban J connectivity index is 1.73. The molecule has 2 N–H and O–H groups in total. The van der Waals surface area contributed by atoms with Crippen LogP contribution < -0.4 is 10.6 Å². The minimum absolute atomic E-state index is 0.0104. The lowest BCUT2D eigenvalue weighted by atomic mass is 10.1. The number of hydrogen-bond donors (Lipinski definition) is 2. The summed E-state index contributed by atoms with van der Waals surface area (Å²) in [5.74, 6) is -0.579. The van der Waals surface area contributed by atoms with Gasteiger partial charge in [0.2, 0.25) is 5.95 Å². The predicted molar refractivity (Wildman–Crippen MR) is 104 cm³/mol. The fourth-order valence-electron chi connectivity index (χ4n) is 2.54. The number of hydrogen-bond acceptors (Lipinski definition) is 4. The van der Waals surface area contributed by atoms with Crippen LogP contribution >= 0.6 is 11.6 Å². The van der Waals surface area contributed by atoms with Crippen molar-refractivity contribution < 1.29 is 9.18 Å². The number of carbonyl (C=O) groups is 1. The molecule has 0 aliphatic heterocycles. The molecule has 3 rings (SSSR count). The summed E-state index contributed by atoms with van der Waals surface area (Å²) in [6.07, 6.45) is 0. The number of amides is 1. The molecule has 1 amide bonds. The molecule has 0 unspecified atom stereocenters. The Morgan fingerprint density at radius 2 is 1.93 bits per heavy atom. The first-order valence-corrected chi connectivity index (χ1v) is 8.70. The first kappa shape index (κ1) is 18.8. The number of rotatable bonds is 5. The molecule has 0 saturated heterocycles. The standard InChI is InChI=1S/C20H18ClFN4O/c1-12-4-3-5-14(8-12)11-23-19(27)18-9-13(2)24-20(26-18)25-15-6-7-17(22)16(21)10-15/h3-10H,11H2,1-2H3,(H,23,27)(H,24,25,26). The Kier molecular flexibility index (Phi) is 5.66. The zero-order chi connectivity index (χ0) is 19.4. The predicted octanol–water partition coefficient (Wildman–Crippen LogP) is 4.56. The monoisotopic (exact) mass is 384 g/mol. The van der Waals surface area contributed by atoms with E-state index < -0.39 is 5.82 Å². The van der Waals surface area contributed by atoms with Crippen molar-refractivity contribution in [2.75, 3.05) is 5.32 Å². The van der Waals surface area contributed by atoms with Gasteiger partial charge in [0.25, 0.3) is 5.91 Å². The van der Waals surface area contributed by atoms with E-state index in [2.05, 4.69) is 20.6 Å². The van der Waals surface area contributed by atoms with E-state index in [0.717, 1.165) is 11.1 Å². The molecule has 0 aliphatic carbocycles. The Morgan fingerprint density at radius 1 is 1.11 bits per heavy atom. The summed E-state index contributed by atoms with van der Waals surface area (Å²) >= 11 is 5.78. The second-order valence-corrected chi connectivity index (χ2v) is 6.55. The maximum atomic E-state index is 13.3. The number of carbonyl (C=O) groups excluding carboxylic acids is 1. The Bertz CT molecular complexity index is 993. The molecule has 0 saturated carbocycles. The van der Waals surface area contributed by atoms with Crippen LogP contribution in [0.5, 0.6) is 0 Å². The Morgan fingerprint density at radius 3 is 2.67 bits per heavy atom. The molecule has 0 radical (unpaired) electrons. The number of halogens is 2. The highest BCUT2D eigenvalue weighted by molar-refractivity contribution is 6.31. The molecule has 3 aromatic rings. The van der Waals surface area contributed by atoms with E-state index in [-0.39, 0.29) is 22.6 Å². The van der Waals surface area contributed by atoms with Gasteiger partial charge in [0.15, 0.2) is 0 Å². The largest absolute Gasteiger partial charge is 0.347 e. The van der Waals surface area contributed by atoms with Crippen LogP contribution in [-0.4, -0.2) is 15.9 Å². The molecular formula is C20H18ClFN4O. The molecule has 1 heterocycles. The summed E-state index contributed by atoms with van der Waals surface area (Å²) in [5.41, 5.74) is 3.53. The van der Waals surface area contributed by atoms with E-state index in [0.29, 0.717) is 17.9 Å². The quantitative estimate of drug-likeness (QED) is 0.676. The maximum Gasteiger partial charge on any atom is 0.270 e. The summed E-state index contributed by atoms with van der Waals surface area (Å²) in [7, 11) is 0. The summed E-state index contributed by atoms with van der Waals surface area (Å²) in [6.45, 7) is 4.17. The first-order chi connectivity index (χ1) is 12.9. The second-order valence-electron chi connectivity index (χ2n) is 6.14. The fourth-order valence-corrected chi connectivity index (χ4v) is 2.72. The molecule has 0 atom stereocenters. The zero-order valence-corrected chi connectivity index (χ0v) is 15.6. The molecule has 5 nitrogen and oxygen atoms in total. The lowest BCUT2D eigenvalue weighted by Crippen LogP contribution is -2.24. The summed E-state index contributed by atoms with van der Waals surface area (Å²) in [4.78, 5) is 21.0. The van der Waals surface area contributed by atoms with Gasteiger partial charge in [-0.25, -0.2) is 14.4 Å². The molecule has 0 spiro atoms. The highest BCUT2D eigenvalue weighted by Gasteiger charge is 2.11. The van der Waals surface area contributed by atoms with E-state index in [1.54, 1.807) is 13.0 Å². The van der Waals surface area contributed by atoms with Crippen molar-refractivity contribution in [2.24, 2.45) is 0 Å². The molecule has 1 aromatic heterocycles. The lowest BCUT2D eigenvalue weighted by Gasteiger charge is -2.10. The molecule has 7 heteroatoms. The topological polar surface area (TPSA) is 66.9 Å². The van der Waals surface area contributed by atoms with Gasteiger partial charge >= 0.3 is 0 Å². The minimum Gasteiger partial charge on any atom is -0.347 e. The number of anilines is 2. The number of nitrogens with zero attached hydrogens (tertiary/aromatic N) is 2. The lowest BCUT2D eigenvalue weighted by molar-refractivity contribution is 0.0945. The maximum absolute atomic E-state index is 13.3. The van der Waals surface area contributed by atoms with Crippen LogP contribution in [0.3, 0.4) is 0 Å². The van der Waals surface area contributed by atoms with E-state index in [1.807, 2.05) is 31.2 Å². The normalized spacial score (nSPS) is 10.5. The van der Waals surface area contributed by atoms with Gasteiger partial charge in [-0.05, 0) is 43.7 Å². The van der Waals surface area contributed by atoms with Gasteiger partial charge in [-0.3, -0.25) is 4.79 Å². The Labute approximate surface area is 161 Å². The molecule has 0 aliphatic rings. The third-order valence-electron chi connectivity index (χ3n) is 3.80. The summed E-state index contributed by atoms with van der Waals surface area (Å²) in [6, 6.07) is 13.7.